The second-order valence-corrected chi connectivity index (χ2v) is 2.86. The molecule has 0 aliphatic rings. The third-order valence-electron chi connectivity index (χ3n) is 1.89. The van der Waals surface area contributed by atoms with Crippen LogP contribution in [-0.4, -0.2) is 19.3 Å². The summed E-state index contributed by atoms with van der Waals surface area (Å²) in [6.45, 7) is 10.1. The second kappa shape index (κ2) is 5.19. The normalized spacial score (nSPS) is 15.6. The van der Waals surface area contributed by atoms with Crippen LogP contribution < -0.4 is 5.32 Å². The zero-order chi connectivity index (χ0) is 8.85. The Morgan fingerprint density at radius 2 is 2.09 bits per heavy atom. The molecule has 0 aromatic heterocycles. The first-order valence-electron chi connectivity index (χ1n) is 4.09. The number of nitrogens with one attached hydrogen (secondary N) is 1. The van der Waals surface area contributed by atoms with E-state index in [4.69, 9.17) is 4.74 Å². The van der Waals surface area contributed by atoms with Crippen LogP contribution in [0.5, 0.6) is 0 Å². The Morgan fingerprint density at radius 3 is 2.45 bits per heavy atom. The lowest BCUT2D eigenvalue weighted by molar-refractivity contribution is 0.139. The van der Waals surface area contributed by atoms with Gasteiger partial charge in [0.1, 0.15) is 0 Å². The molecule has 0 aromatic rings. The molecule has 2 atom stereocenters. The number of hydrogen-bond acceptors (Lipinski definition) is 2. The van der Waals surface area contributed by atoms with Gasteiger partial charge in [-0.3, -0.25) is 0 Å². The number of rotatable bonds is 5. The van der Waals surface area contributed by atoms with Gasteiger partial charge in [-0.05, 0) is 20.3 Å². The lowest BCUT2D eigenvalue weighted by atomic mass is 10.2. The van der Waals surface area contributed by atoms with Crippen molar-refractivity contribution in [1.29, 1.82) is 0 Å². The van der Waals surface area contributed by atoms with Gasteiger partial charge < -0.3 is 10.1 Å². The quantitative estimate of drug-likeness (QED) is 0.658. The fourth-order valence-corrected chi connectivity index (χ4v) is 0.678. The molecule has 0 rings (SSSR count). The molecule has 0 heterocycles. The smallest absolute Gasteiger partial charge is 0.0931 e. The predicted molar refractivity (Wildman–Crippen MR) is 48.5 cm³/mol. The molecule has 0 bridgehead atoms. The van der Waals surface area contributed by atoms with Crippen LogP contribution in [0.3, 0.4) is 0 Å². The Labute approximate surface area is 69.6 Å². The molecule has 0 aliphatic carbocycles. The molecule has 11 heavy (non-hydrogen) atoms. The van der Waals surface area contributed by atoms with Gasteiger partial charge in [-0.1, -0.05) is 13.5 Å². The first-order valence-corrected chi connectivity index (χ1v) is 4.09. The molecule has 0 aromatic carbocycles. The van der Waals surface area contributed by atoms with Crippen LogP contribution in [0.4, 0.5) is 0 Å². The minimum absolute atomic E-state index is 0.101. The Morgan fingerprint density at radius 1 is 1.55 bits per heavy atom. The summed E-state index contributed by atoms with van der Waals surface area (Å²) in [6, 6.07) is 0.486. The molecule has 2 heteroatoms. The van der Waals surface area contributed by atoms with Crippen molar-refractivity contribution in [3.05, 3.63) is 12.3 Å². The molecule has 0 amide bonds. The summed E-state index contributed by atoms with van der Waals surface area (Å²) in [5.41, 5.74) is 0.960. The number of ether oxygens (including phenoxy) is 1. The summed E-state index contributed by atoms with van der Waals surface area (Å²) in [4.78, 5) is 0. The van der Waals surface area contributed by atoms with Crippen LogP contribution in [0, 0.1) is 0 Å². The highest BCUT2D eigenvalue weighted by molar-refractivity contribution is 4.98. The lowest BCUT2D eigenvalue weighted by Crippen LogP contribution is -2.29. The van der Waals surface area contributed by atoms with Gasteiger partial charge in [0.15, 0.2) is 0 Å². The van der Waals surface area contributed by atoms with E-state index >= 15 is 0 Å². The Bertz CT molecular complexity index is 123. The highest BCUT2D eigenvalue weighted by Crippen LogP contribution is 2.01. The summed E-state index contributed by atoms with van der Waals surface area (Å²) in [7, 11) is 1.69. The average Bonchev–Trinajstić information content (AvgIpc) is 2.02. The molecule has 0 unspecified atom stereocenters. The van der Waals surface area contributed by atoms with E-state index in [1.165, 1.54) is 0 Å². The van der Waals surface area contributed by atoms with Crippen LogP contribution in [0.15, 0.2) is 12.3 Å². The van der Waals surface area contributed by atoms with E-state index in [0.29, 0.717) is 6.04 Å². The van der Waals surface area contributed by atoms with E-state index in [-0.39, 0.29) is 6.10 Å². The summed E-state index contributed by atoms with van der Waals surface area (Å²) < 4.78 is 5.10. The molecule has 0 radical (unpaired) electrons. The fraction of sp³-hybridized carbons (Fsp3) is 0.778. The van der Waals surface area contributed by atoms with Gasteiger partial charge in [-0.15, -0.1) is 0 Å². The van der Waals surface area contributed by atoms with Gasteiger partial charge in [-0.2, -0.15) is 0 Å². The number of hydrogen-bond donors (Lipinski definition) is 1. The van der Waals surface area contributed by atoms with Crippen LogP contribution in [-0.2, 0) is 4.74 Å². The van der Waals surface area contributed by atoms with Crippen LogP contribution in [0.2, 0.25) is 0 Å². The van der Waals surface area contributed by atoms with Gasteiger partial charge >= 0.3 is 0 Å². The highest BCUT2D eigenvalue weighted by atomic mass is 16.5. The molecular formula is C9H19NO. The standard InChI is InChI=1S/C9H19NO/c1-6-7(2)10-8(3)9(4)11-5/h7,9-10H,3,6H2,1-2,4-5H3/t7-,9-/m0/s1. The first kappa shape index (κ1) is 10.5. The van der Waals surface area contributed by atoms with Gasteiger partial charge in [0.25, 0.3) is 0 Å². The van der Waals surface area contributed by atoms with Crippen LogP contribution in [0.25, 0.3) is 0 Å². The minimum Gasteiger partial charge on any atom is -0.384 e. The molecule has 66 valence electrons. The zero-order valence-electron chi connectivity index (χ0n) is 7.98. The van der Waals surface area contributed by atoms with Crippen molar-refractivity contribution in [3.8, 4) is 0 Å². The Hall–Kier alpha value is -0.500. The first-order chi connectivity index (χ1) is 5.11. The Kier molecular flexibility index (Phi) is 4.95. The van der Waals surface area contributed by atoms with Crippen molar-refractivity contribution in [3.63, 3.8) is 0 Å². The van der Waals surface area contributed by atoms with Crippen molar-refractivity contribution in [2.24, 2.45) is 0 Å². The highest BCUT2D eigenvalue weighted by Gasteiger charge is 2.06. The van der Waals surface area contributed by atoms with E-state index in [1.54, 1.807) is 7.11 Å². The van der Waals surface area contributed by atoms with Gasteiger partial charge in [0, 0.05) is 18.8 Å². The maximum Gasteiger partial charge on any atom is 0.0931 e. The van der Waals surface area contributed by atoms with Crippen molar-refractivity contribution in [2.75, 3.05) is 7.11 Å². The van der Waals surface area contributed by atoms with Crippen molar-refractivity contribution in [2.45, 2.75) is 39.3 Å². The SMILES string of the molecule is C=C(N[C@@H](C)CC)[C@H](C)OC. The molecule has 0 saturated heterocycles. The topological polar surface area (TPSA) is 21.3 Å². The second-order valence-electron chi connectivity index (χ2n) is 2.86. The molecule has 0 spiro atoms. The van der Waals surface area contributed by atoms with E-state index in [2.05, 4.69) is 25.7 Å². The predicted octanol–water partition coefficient (Wildman–Crippen LogP) is 1.92. The monoisotopic (exact) mass is 157 g/mol. The van der Waals surface area contributed by atoms with E-state index < -0.39 is 0 Å². The molecule has 1 N–H and O–H groups in total. The Balaban J connectivity index is 3.68. The van der Waals surface area contributed by atoms with Crippen LogP contribution in [0.1, 0.15) is 27.2 Å². The number of methoxy groups -OCH3 is 1. The largest absolute Gasteiger partial charge is 0.384 e. The van der Waals surface area contributed by atoms with Crippen molar-refractivity contribution in [1.82, 2.24) is 5.32 Å². The summed E-state index contributed by atoms with van der Waals surface area (Å²) in [5, 5.41) is 3.26. The maximum absolute atomic E-state index is 5.10. The minimum atomic E-state index is 0.101. The molecule has 0 aliphatic heterocycles. The van der Waals surface area contributed by atoms with E-state index in [0.717, 1.165) is 12.1 Å². The maximum atomic E-state index is 5.10. The molecular weight excluding hydrogens is 138 g/mol. The average molecular weight is 157 g/mol. The van der Waals surface area contributed by atoms with Gasteiger partial charge in [-0.25, -0.2) is 0 Å². The molecule has 0 fully saturated rings. The van der Waals surface area contributed by atoms with Gasteiger partial charge in [0.2, 0.25) is 0 Å². The lowest BCUT2D eigenvalue weighted by Gasteiger charge is -2.19. The fourth-order valence-electron chi connectivity index (χ4n) is 0.678. The van der Waals surface area contributed by atoms with E-state index in [1.807, 2.05) is 6.92 Å². The van der Waals surface area contributed by atoms with E-state index in [9.17, 15) is 0 Å². The summed E-state index contributed by atoms with van der Waals surface area (Å²) in [5.74, 6) is 0. The van der Waals surface area contributed by atoms with Gasteiger partial charge in [0.05, 0.1) is 6.10 Å². The third-order valence-corrected chi connectivity index (χ3v) is 1.89. The summed E-state index contributed by atoms with van der Waals surface area (Å²) >= 11 is 0. The third kappa shape index (κ3) is 4.04. The van der Waals surface area contributed by atoms with Crippen molar-refractivity contribution >= 4 is 0 Å². The summed E-state index contributed by atoms with van der Waals surface area (Å²) in [6.07, 6.45) is 1.21. The van der Waals surface area contributed by atoms with Crippen LogP contribution >= 0.6 is 0 Å². The zero-order valence-corrected chi connectivity index (χ0v) is 7.98. The molecule has 2 nitrogen and oxygen atoms in total. The van der Waals surface area contributed by atoms with Crippen molar-refractivity contribution < 1.29 is 4.74 Å². The molecule has 0 saturated carbocycles.